The highest BCUT2D eigenvalue weighted by Crippen LogP contribution is 2.18. The van der Waals surface area contributed by atoms with Crippen LogP contribution in [0.3, 0.4) is 0 Å². The number of benzene rings is 2. The van der Waals surface area contributed by atoms with Gasteiger partial charge in [-0.25, -0.2) is 0 Å². The van der Waals surface area contributed by atoms with Crippen LogP contribution in [-0.4, -0.2) is 26.2 Å². The second-order valence-electron chi connectivity index (χ2n) is 5.87. The maximum absolute atomic E-state index is 11.9. The molecule has 1 amide bonds. The number of carbonyl (C=O) groups excluding carboxylic acids is 1. The average molecular weight is 363 g/mol. The Morgan fingerprint density at radius 1 is 1.15 bits per heavy atom. The highest BCUT2D eigenvalue weighted by atomic mass is 16.5. The van der Waals surface area contributed by atoms with E-state index in [1.54, 1.807) is 7.11 Å². The molecule has 0 aliphatic heterocycles. The summed E-state index contributed by atoms with van der Waals surface area (Å²) in [6.07, 6.45) is 3.72. The van der Waals surface area contributed by atoms with Crippen LogP contribution in [0, 0.1) is 11.8 Å². The molecule has 140 valence electrons. The molecule has 2 aromatic carbocycles. The van der Waals surface area contributed by atoms with E-state index < -0.39 is 0 Å². The number of carbonyl (C=O) groups is 1. The predicted octanol–water partition coefficient (Wildman–Crippen LogP) is 3.55. The van der Waals surface area contributed by atoms with Crippen LogP contribution in [-0.2, 0) is 17.6 Å². The first-order chi connectivity index (χ1) is 13.2. The quantitative estimate of drug-likeness (QED) is 0.547. The molecule has 0 radical (unpaired) electrons. The molecule has 2 rings (SSSR count). The number of para-hydroxylation sites is 1. The van der Waals surface area contributed by atoms with Gasteiger partial charge in [0.2, 0.25) is 5.91 Å². The Balaban J connectivity index is 1.66. The van der Waals surface area contributed by atoms with Gasteiger partial charge in [-0.05, 0) is 42.2 Å². The third-order valence-electron chi connectivity index (χ3n) is 3.94. The highest BCUT2D eigenvalue weighted by Gasteiger charge is 2.02. The third kappa shape index (κ3) is 7.29. The Hall–Kier alpha value is -3.19. The van der Waals surface area contributed by atoms with Gasteiger partial charge in [0, 0.05) is 6.42 Å². The standard InChI is InChI=1S/C23H25NO3/c1-3-8-20-9-4-5-10-22(20)27-18-7-6-17-24-23(25)16-13-19-11-14-21(26-2)15-12-19/h3-5,9-12,14-15H,1,8,13,16-18H2,2H3,(H,24,25). The van der Waals surface area contributed by atoms with Gasteiger partial charge >= 0.3 is 0 Å². The van der Waals surface area contributed by atoms with Crippen molar-refractivity contribution >= 4 is 5.91 Å². The SMILES string of the molecule is C=CCc1ccccc1OCC#CCNC(=O)CCc1ccc(OC)cc1. The van der Waals surface area contributed by atoms with Gasteiger partial charge in [-0.2, -0.15) is 0 Å². The lowest BCUT2D eigenvalue weighted by molar-refractivity contribution is -0.120. The number of ether oxygens (including phenoxy) is 2. The molecular weight excluding hydrogens is 338 g/mol. The van der Waals surface area contributed by atoms with Gasteiger partial charge in [0.1, 0.15) is 18.1 Å². The van der Waals surface area contributed by atoms with Crippen LogP contribution in [0.4, 0.5) is 0 Å². The van der Waals surface area contributed by atoms with Gasteiger partial charge in [0.25, 0.3) is 0 Å². The van der Waals surface area contributed by atoms with E-state index in [4.69, 9.17) is 9.47 Å². The molecule has 0 spiro atoms. The van der Waals surface area contributed by atoms with E-state index in [1.807, 2.05) is 54.6 Å². The lowest BCUT2D eigenvalue weighted by atomic mass is 10.1. The first-order valence-corrected chi connectivity index (χ1v) is 8.90. The van der Waals surface area contributed by atoms with Crippen molar-refractivity contribution in [1.29, 1.82) is 0 Å². The molecule has 0 bridgehead atoms. The lowest BCUT2D eigenvalue weighted by Crippen LogP contribution is -2.23. The summed E-state index contributed by atoms with van der Waals surface area (Å²) >= 11 is 0. The van der Waals surface area contributed by atoms with E-state index in [-0.39, 0.29) is 12.5 Å². The molecule has 0 aromatic heterocycles. The maximum Gasteiger partial charge on any atom is 0.221 e. The molecule has 0 heterocycles. The molecule has 27 heavy (non-hydrogen) atoms. The van der Waals surface area contributed by atoms with Crippen molar-refractivity contribution in [2.24, 2.45) is 0 Å². The minimum Gasteiger partial charge on any atom is -0.497 e. The smallest absolute Gasteiger partial charge is 0.221 e. The zero-order valence-electron chi connectivity index (χ0n) is 15.7. The van der Waals surface area contributed by atoms with E-state index in [9.17, 15) is 4.79 Å². The van der Waals surface area contributed by atoms with Crippen LogP contribution < -0.4 is 14.8 Å². The molecule has 2 aromatic rings. The van der Waals surface area contributed by atoms with Crippen molar-refractivity contribution in [1.82, 2.24) is 5.32 Å². The number of allylic oxidation sites excluding steroid dienone is 1. The number of hydrogen-bond acceptors (Lipinski definition) is 3. The van der Waals surface area contributed by atoms with Crippen LogP contribution in [0.15, 0.2) is 61.2 Å². The first kappa shape index (κ1) is 20.1. The highest BCUT2D eigenvalue weighted by molar-refractivity contribution is 5.76. The van der Waals surface area contributed by atoms with E-state index in [0.717, 1.165) is 29.0 Å². The molecular formula is C23H25NO3. The summed E-state index contributed by atoms with van der Waals surface area (Å²) < 4.78 is 10.8. The fourth-order valence-corrected chi connectivity index (χ4v) is 2.48. The second kappa shape index (κ2) is 11.4. The van der Waals surface area contributed by atoms with Crippen molar-refractivity contribution < 1.29 is 14.3 Å². The molecule has 0 aliphatic rings. The number of amides is 1. The second-order valence-corrected chi connectivity index (χ2v) is 5.87. The van der Waals surface area contributed by atoms with Gasteiger partial charge in [-0.1, -0.05) is 48.2 Å². The minimum absolute atomic E-state index is 0.0163. The molecule has 0 saturated carbocycles. The van der Waals surface area contributed by atoms with Gasteiger partial charge in [0.15, 0.2) is 0 Å². The summed E-state index contributed by atoms with van der Waals surface area (Å²) in [6, 6.07) is 15.5. The monoisotopic (exact) mass is 363 g/mol. The molecule has 4 nitrogen and oxygen atoms in total. The number of nitrogens with one attached hydrogen (secondary N) is 1. The van der Waals surface area contributed by atoms with E-state index in [0.29, 0.717) is 19.4 Å². The number of aryl methyl sites for hydroxylation is 1. The Morgan fingerprint density at radius 3 is 2.67 bits per heavy atom. The molecule has 0 aliphatic carbocycles. The summed E-state index contributed by atoms with van der Waals surface area (Å²) in [5.74, 6) is 7.44. The number of rotatable bonds is 9. The molecule has 0 fully saturated rings. The molecule has 1 N–H and O–H groups in total. The molecule has 4 heteroatoms. The number of methoxy groups -OCH3 is 1. The third-order valence-corrected chi connectivity index (χ3v) is 3.94. The van der Waals surface area contributed by atoms with E-state index in [1.165, 1.54) is 0 Å². The van der Waals surface area contributed by atoms with Gasteiger partial charge < -0.3 is 14.8 Å². The summed E-state index contributed by atoms with van der Waals surface area (Å²) in [5, 5.41) is 2.80. The first-order valence-electron chi connectivity index (χ1n) is 8.90. The zero-order chi connectivity index (χ0) is 19.3. The summed E-state index contributed by atoms with van der Waals surface area (Å²) in [6.45, 7) is 4.35. The summed E-state index contributed by atoms with van der Waals surface area (Å²) in [4.78, 5) is 11.9. The van der Waals surface area contributed by atoms with E-state index >= 15 is 0 Å². The Labute approximate surface area is 161 Å². The number of hydrogen-bond donors (Lipinski definition) is 1. The van der Waals surface area contributed by atoms with Crippen LogP contribution in [0.2, 0.25) is 0 Å². The van der Waals surface area contributed by atoms with Crippen molar-refractivity contribution in [3.63, 3.8) is 0 Å². The normalized spacial score (nSPS) is 9.67. The van der Waals surface area contributed by atoms with Crippen molar-refractivity contribution in [3.05, 3.63) is 72.3 Å². The van der Waals surface area contributed by atoms with Crippen molar-refractivity contribution in [2.45, 2.75) is 19.3 Å². The van der Waals surface area contributed by atoms with Crippen LogP contribution in [0.1, 0.15) is 17.5 Å². The molecule has 0 saturated heterocycles. The molecule has 0 unspecified atom stereocenters. The molecule has 0 atom stereocenters. The largest absolute Gasteiger partial charge is 0.497 e. The fourth-order valence-electron chi connectivity index (χ4n) is 2.48. The van der Waals surface area contributed by atoms with Crippen LogP contribution >= 0.6 is 0 Å². The average Bonchev–Trinajstić information content (AvgIpc) is 2.70. The Morgan fingerprint density at radius 2 is 1.93 bits per heavy atom. The summed E-state index contributed by atoms with van der Waals surface area (Å²) in [7, 11) is 1.63. The fraction of sp³-hybridized carbons (Fsp3) is 0.261. The van der Waals surface area contributed by atoms with E-state index in [2.05, 4.69) is 23.7 Å². The summed E-state index contributed by atoms with van der Waals surface area (Å²) in [5.41, 5.74) is 2.18. The van der Waals surface area contributed by atoms with Crippen LogP contribution in [0.25, 0.3) is 0 Å². The Bertz CT molecular complexity index is 800. The van der Waals surface area contributed by atoms with Gasteiger partial charge in [-0.3, -0.25) is 4.79 Å². The van der Waals surface area contributed by atoms with Gasteiger partial charge in [-0.15, -0.1) is 6.58 Å². The van der Waals surface area contributed by atoms with Crippen molar-refractivity contribution in [2.75, 3.05) is 20.3 Å². The zero-order valence-corrected chi connectivity index (χ0v) is 15.7. The van der Waals surface area contributed by atoms with Gasteiger partial charge in [0.05, 0.1) is 13.7 Å². The maximum atomic E-state index is 11.9. The van der Waals surface area contributed by atoms with Crippen molar-refractivity contribution in [3.8, 4) is 23.3 Å². The van der Waals surface area contributed by atoms with Crippen LogP contribution in [0.5, 0.6) is 11.5 Å². The Kier molecular flexibility index (Phi) is 8.52. The lowest BCUT2D eigenvalue weighted by Gasteiger charge is -2.07. The topological polar surface area (TPSA) is 47.6 Å². The minimum atomic E-state index is -0.0163. The predicted molar refractivity (Wildman–Crippen MR) is 108 cm³/mol.